The van der Waals surface area contributed by atoms with Crippen LogP contribution in [-0.2, 0) is 11.3 Å². The molecule has 0 atom stereocenters. The van der Waals surface area contributed by atoms with E-state index in [2.05, 4.69) is 10.3 Å². The third-order valence-electron chi connectivity index (χ3n) is 2.68. The molecule has 2 aromatic rings. The zero-order valence-electron chi connectivity index (χ0n) is 11.5. The molecule has 1 amide bonds. The molecule has 0 aliphatic rings. The van der Waals surface area contributed by atoms with E-state index in [4.69, 9.17) is 21.1 Å². The summed E-state index contributed by atoms with van der Waals surface area (Å²) < 4.78 is 10.4. The molecule has 0 spiro atoms. The lowest BCUT2D eigenvalue weighted by atomic mass is 10.2. The summed E-state index contributed by atoms with van der Waals surface area (Å²) >= 11 is 5.77. The van der Waals surface area contributed by atoms with E-state index in [1.807, 2.05) is 6.07 Å². The maximum absolute atomic E-state index is 11.7. The van der Waals surface area contributed by atoms with Gasteiger partial charge in [0, 0.05) is 23.8 Å². The van der Waals surface area contributed by atoms with E-state index in [1.54, 1.807) is 43.6 Å². The Morgan fingerprint density at radius 2 is 2.05 bits per heavy atom. The van der Waals surface area contributed by atoms with E-state index >= 15 is 0 Å². The van der Waals surface area contributed by atoms with Crippen molar-refractivity contribution in [1.82, 2.24) is 10.3 Å². The largest absolute Gasteiger partial charge is 0.484 e. The van der Waals surface area contributed by atoms with Crippen LogP contribution in [0.15, 0.2) is 42.6 Å². The van der Waals surface area contributed by atoms with Crippen LogP contribution in [0.1, 0.15) is 5.56 Å². The highest BCUT2D eigenvalue weighted by atomic mass is 35.5. The molecule has 0 aliphatic heterocycles. The highest BCUT2D eigenvalue weighted by Crippen LogP contribution is 2.15. The van der Waals surface area contributed by atoms with E-state index < -0.39 is 0 Å². The lowest BCUT2D eigenvalue weighted by Gasteiger charge is -2.08. The Labute approximate surface area is 127 Å². The number of carbonyl (C=O) groups is 1. The third-order valence-corrected chi connectivity index (χ3v) is 2.93. The van der Waals surface area contributed by atoms with Crippen LogP contribution in [0.25, 0.3) is 0 Å². The molecule has 0 saturated carbocycles. The number of ether oxygens (including phenoxy) is 2. The minimum Gasteiger partial charge on any atom is -0.484 e. The van der Waals surface area contributed by atoms with Crippen molar-refractivity contribution in [3.63, 3.8) is 0 Å². The normalized spacial score (nSPS) is 10.0. The van der Waals surface area contributed by atoms with Crippen molar-refractivity contribution >= 4 is 17.5 Å². The molecule has 5 nitrogen and oxygen atoms in total. The van der Waals surface area contributed by atoms with Gasteiger partial charge in [0.05, 0.1) is 7.11 Å². The minimum absolute atomic E-state index is 0.0517. The SMILES string of the molecule is COc1cc(CNC(=O)COc2ccc(Cl)cc2)ccn1. The number of amides is 1. The standard InChI is InChI=1S/C15H15ClN2O3/c1-20-15-8-11(6-7-17-15)9-18-14(19)10-21-13-4-2-12(16)3-5-13/h2-8H,9-10H2,1H3,(H,18,19). The average Bonchev–Trinajstić information content (AvgIpc) is 2.52. The molecule has 2 rings (SSSR count). The van der Waals surface area contributed by atoms with Crippen LogP contribution in [0.3, 0.4) is 0 Å². The first-order valence-corrected chi connectivity index (χ1v) is 6.69. The monoisotopic (exact) mass is 306 g/mol. The Balaban J connectivity index is 1.78. The highest BCUT2D eigenvalue weighted by molar-refractivity contribution is 6.30. The van der Waals surface area contributed by atoms with Gasteiger partial charge in [0.25, 0.3) is 5.91 Å². The van der Waals surface area contributed by atoms with Gasteiger partial charge in [-0.1, -0.05) is 11.6 Å². The molecule has 0 bridgehead atoms. The predicted octanol–water partition coefficient (Wildman–Crippen LogP) is 2.44. The van der Waals surface area contributed by atoms with Crippen molar-refractivity contribution in [2.75, 3.05) is 13.7 Å². The number of benzene rings is 1. The van der Waals surface area contributed by atoms with E-state index in [9.17, 15) is 4.79 Å². The maximum Gasteiger partial charge on any atom is 0.258 e. The molecule has 0 unspecified atom stereocenters. The summed E-state index contributed by atoms with van der Waals surface area (Å²) in [6.45, 7) is 0.339. The summed E-state index contributed by atoms with van der Waals surface area (Å²) in [7, 11) is 1.55. The van der Waals surface area contributed by atoms with Gasteiger partial charge in [-0.3, -0.25) is 4.79 Å². The van der Waals surface area contributed by atoms with Gasteiger partial charge >= 0.3 is 0 Å². The molecule has 1 aromatic carbocycles. The van der Waals surface area contributed by atoms with Crippen LogP contribution in [0, 0.1) is 0 Å². The molecule has 1 aromatic heterocycles. The number of nitrogens with zero attached hydrogens (tertiary/aromatic N) is 1. The van der Waals surface area contributed by atoms with Gasteiger partial charge in [-0.15, -0.1) is 0 Å². The number of hydrogen-bond donors (Lipinski definition) is 1. The van der Waals surface area contributed by atoms with E-state index in [0.29, 0.717) is 23.2 Å². The van der Waals surface area contributed by atoms with Gasteiger partial charge in [0.1, 0.15) is 5.75 Å². The van der Waals surface area contributed by atoms with Gasteiger partial charge < -0.3 is 14.8 Å². The minimum atomic E-state index is -0.208. The van der Waals surface area contributed by atoms with Crippen LogP contribution >= 0.6 is 11.6 Å². The Bertz CT molecular complexity index is 602. The number of halogens is 1. The fourth-order valence-corrected chi connectivity index (χ4v) is 1.73. The number of rotatable bonds is 6. The Kier molecular flexibility index (Phi) is 5.40. The zero-order chi connectivity index (χ0) is 15.1. The fraction of sp³-hybridized carbons (Fsp3) is 0.200. The van der Waals surface area contributed by atoms with Gasteiger partial charge in [0.2, 0.25) is 5.88 Å². The zero-order valence-corrected chi connectivity index (χ0v) is 12.3. The number of methoxy groups -OCH3 is 1. The summed E-state index contributed by atoms with van der Waals surface area (Å²) in [5.74, 6) is 0.903. The van der Waals surface area contributed by atoms with Gasteiger partial charge in [0.15, 0.2) is 6.61 Å². The van der Waals surface area contributed by atoms with Crippen LogP contribution in [0.4, 0.5) is 0 Å². The molecule has 1 N–H and O–H groups in total. The molecule has 110 valence electrons. The van der Waals surface area contributed by atoms with Crippen LogP contribution in [0.5, 0.6) is 11.6 Å². The number of nitrogens with one attached hydrogen (secondary N) is 1. The van der Waals surface area contributed by atoms with Crippen molar-refractivity contribution in [1.29, 1.82) is 0 Å². The molecule has 6 heteroatoms. The van der Waals surface area contributed by atoms with E-state index in [-0.39, 0.29) is 12.5 Å². The highest BCUT2D eigenvalue weighted by Gasteiger charge is 2.04. The number of hydrogen-bond acceptors (Lipinski definition) is 4. The number of carbonyl (C=O) groups excluding carboxylic acids is 1. The summed E-state index contributed by atoms with van der Waals surface area (Å²) in [5.41, 5.74) is 0.904. The molecule has 0 saturated heterocycles. The quantitative estimate of drug-likeness (QED) is 0.890. The second kappa shape index (κ2) is 7.50. The smallest absolute Gasteiger partial charge is 0.258 e. The topological polar surface area (TPSA) is 60.5 Å². The Hall–Kier alpha value is -2.27. The van der Waals surface area contributed by atoms with Crippen molar-refractivity contribution < 1.29 is 14.3 Å². The maximum atomic E-state index is 11.7. The molecule has 0 aliphatic carbocycles. The average molecular weight is 307 g/mol. The molecular formula is C15H15ClN2O3. The lowest BCUT2D eigenvalue weighted by Crippen LogP contribution is -2.28. The molecular weight excluding hydrogens is 292 g/mol. The molecule has 0 fully saturated rings. The summed E-state index contributed by atoms with van der Waals surface area (Å²) in [5, 5.41) is 3.38. The Morgan fingerprint density at radius 1 is 1.29 bits per heavy atom. The van der Waals surface area contributed by atoms with Crippen molar-refractivity contribution in [3.05, 3.63) is 53.2 Å². The fourth-order valence-electron chi connectivity index (χ4n) is 1.60. The summed E-state index contributed by atoms with van der Waals surface area (Å²) in [6, 6.07) is 10.4. The second-order valence-corrected chi connectivity index (χ2v) is 4.66. The molecule has 0 radical (unpaired) electrons. The first-order chi connectivity index (χ1) is 10.2. The first-order valence-electron chi connectivity index (χ1n) is 6.31. The number of pyridine rings is 1. The van der Waals surface area contributed by atoms with Gasteiger partial charge in [-0.2, -0.15) is 0 Å². The molecule has 21 heavy (non-hydrogen) atoms. The summed E-state index contributed by atoms with van der Waals surface area (Å²) in [6.07, 6.45) is 1.63. The molecule has 1 heterocycles. The van der Waals surface area contributed by atoms with Crippen molar-refractivity contribution in [2.24, 2.45) is 0 Å². The lowest BCUT2D eigenvalue weighted by molar-refractivity contribution is -0.123. The van der Waals surface area contributed by atoms with Gasteiger partial charge in [-0.05, 0) is 35.9 Å². The van der Waals surface area contributed by atoms with Crippen LogP contribution in [-0.4, -0.2) is 24.6 Å². The van der Waals surface area contributed by atoms with E-state index in [0.717, 1.165) is 5.56 Å². The van der Waals surface area contributed by atoms with Crippen LogP contribution in [0.2, 0.25) is 5.02 Å². The predicted molar refractivity (Wildman–Crippen MR) is 79.6 cm³/mol. The van der Waals surface area contributed by atoms with Crippen molar-refractivity contribution in [2.45, 2.75) is 6.54 Å². The first kappa shape index (κ1) is 15.1. The number of aromatic nitrogens is 1. The van der Waals surface area contributed by atoms with E-state index in [1.165, 1.54) is 0 Å². The summed E-state index contributed by atoms with van der Waals surface area (Å²) in [4.78, 5) is 15.7. The van der Waals surface area contributed by atoms with Crippen LogP contribution < -0.4 is 14.8 Å². The third kappa shape index (κ3) is 4.96. The van der Waals surface area contributed by atoms with Gasteiger partial charge in [-0.25, -0.2) is 4.98 Å². The second-order valence-electron chi connectivity index (χ2n) is 4.23. The Morgan fingerprint density at radius 3 is 2.76 bits per heavy atom. The van der Waals surface area contributed by atoms with Crippen molar-refractivity contribution in [3.8, 4) is 11.6 Å².